The van der Waals surface area contributed by atoms with Crippen LogP contribution in [0, 0.1) is 5.92 Å². The lowest BCUT2D eigenvalue weighted by molar-refractivity contribution is -0.140. The van der Waals surface area contributed by atoms with E-state index in [-0.39, 0.29) is 18.1 Å². The fourth-order valence-corrected chi connectivity index (χ4v) is 3.19. The van der Waals surface area contributed by atoms with E-state index in [1.165, 1.54) is 19.1 Å². The Labute approximate surface area is 186 Å². The van der Waals surface area contributed by atoms with E-state index in [4.69, 9.17) is 5.11 Å². The highest BCUT2D eigenvalue weighted by Gasteiger charge is 2.28. The minimum absolute atomic E-state index is 0.0633. The first-order valence-electron chi connectivity index (χ1n) is 10.3. The lowest BCUT2D eigenvalue weighted by Crippen LogP contribution is -2.53. The molecule has 4 N–H and O–H groups in total. The quantitative estimate of drug-likeness (QED) is 0.421. The van der Waals surface area contributed by atoms with Gasteiger partial charge in [-0.1, -0.05) is 49.4 Å². The topological polar surface area (TPSA) is 133 Å². The Hall–Kier alpha value is -3.68. The minimum Gasteiger partial charge on any atom is -0.508 e. The highest BCUT2D eigenvalue weighted by molar-refractivity contribution is 5.94. The summed E-state index contributed by atoms with van der Waals surface area (Å²) in [6, 6.07) is 13.4. The molecule has 170 valence electrons. The molecule has 2 rings (SSSR count). The lowest BCUT2D eigenvalue weighted by atomic mass is 9.98. The van der Waals surface area contributed by atoms with Crippen LogP contribution in [0.15, 0.2) is 54.6 Å². The van der Waals surface area contributed by atoms with Crippen LogP contribution in [0.5, 0.6) is 5.75 Å². The zero-order valence-corrected chi connectivity index (χ0v) is 18.1. The summed E-state index contributed by atoms with van der Waals surface area (Å²) < 4.78 is 0. The van der Waals surface area contributed by atoms with Gasteiger partial charge < -0.3 is 20.8 Å². The molecule has 0 bridgehead atoms. The number of phenolic OH excluding ortho intramolecular Hbond substituents is 1. The fraction of sp³-hybridized carbons (Fsp3) is 0.333. The third kappa shape index (κ3) is 7.86. The van der Waals surface area contributed by atoms with Crippen molar-refractivity contribution in [2.75, 3.05) is 0 Å². The lowest BCUT2D eigenvalue weighted by Gasteiger charge is -2.23. The number of Topliss-reactive ketones (excluding diaryl/α,β-unsaturated/α-hetero) is 1. The molecule has 0 radical (unpaired) electrons. The van der Waals surface area contributed by atoms with Crippen molar-refractivity contribution in [3.05, 3.63) is 65.7 Å². The van der Waals surface area contributed by atoms with Crippen LogP contribution in [0.3, 0.4) is 0 Å². The number of aromatic hydroxyl groups is 1. The second kappa shape index (κ2) is 11.6. The Morgan fingerprint density at radius 1 is 0.812 bits per heavy atom. The minimum atomic E-state index is -1.22. The summed E-state index contributed by atoms with van der Waals surface area (Å²) in [5.41, 5.74) is 1.66. The number of rotatable bonds is 11. The van der Waals surface area contributed by atoms with Crippen molar-refractivity contribution in [3.8, 4) is 5.75 Å². The number of carboxylic acid groups (broad SMARTS) is 1. The summed E-state index contributed by atoms with van der Waals surface area (Å²) in [5.74, 6) is -3.07. The molecule has 0 aromatic heterocycles. The zero-order chi connectivity index (χ0) is 23.7. The van der Waals surface area contributed by atoms with Crippen LogP contribution in [0.1, 0.15) is 31.4 Å². The van der Waals surface area contributed by atoms with Gasteiger partial charge in [0.15, 0.2) is 5.78 Å². The number of carboxylic acids is 1. The molecule has 0 saturated heterocycles. The van der Waals surface area contributed by atoms with E-state index in [0.29, 0.717) is 12.0 Å². The molecule has 0 heterocycles. The smallest absolute Gasteiger partial charge is 0.305 e. The third-order valence-electron chi connectivity index (χ3n) is 5.03. The second-order valence-electron chi connectivity index (χ2n) is 7.79. The molecule has 0 saturated carbocycles. The molecule has 0 aliphatic heterocycles. The number of ketones is 1. The van der Waals surface area contributed by atoms with Crippen molar-refractivity contribution < 1.29 is 29.4 Å². The monoisotopic (exact) mass is 440 g/mol. The van der Waals surface area contributed by atoms with Gasteiger partial charge in [-0.2, -0.15) is 0 Å². The summed E-state index contributed by atoms with van der Waals surface area (Å²) in [6.07, 6.45) is 0.0360. The van der Waals surface area contributed by atoms with E-state index in [1.54, 1.807) is 19.1 Å². The van der Waals surface area contributed by atoms with Gasteiger partial charge >= 0.3 is 5.97 Å². The van der Waals surface area contributed by atoms with Crippen LogP contribution in [0.4, 0.5) is 0 Å². The van der Waals surface area contributed by atoms with Gasteiger partial charge in [0.25, 0.3) is 0 Å². The number of hydrogen-bond acceptors (Lipinski definition) is 5. The summed E-state index contributed by atoms with van der Waals surface area (Å²) in [7, 11) is 0. The van der Waals surface area contributed by atoms with E-state index in [1.807, 2.05) is 30.3 Å². The number of hydrogen-bond donors (Lipinski definition) is 4. The van der Waals surface area contributed by atoms with Gasteiger partial charge in [-0.15, -0.1) is 0 Å². The van der Waals surface area contributed by atoms with Gasteiger partial charge in [0.2, 0.25) is 11.8 Å². The van der Waals surface area contributed by atoms with Gasteiger partial charge in [-0.25, -0.2) is 0 Å². The van der Waals surface area contributed by atoms with Crippen molar-refractivity contribution in [1.29, 1.82) is 0 Å². The predicted octanol–water partition coefficient (Wildman–Crippen LogP) is 1.85. The Morgan fingerprint density at radius 3 is 1.94 bits per heavy atom. The van der Waals surface area contributed by atoms with Crippen molar-refractivity contribution in [2.45, 2.75) is 45.2 Å². The summed E-state index contributed by atoms with van der Waals surface area (Å²) in [5, 5.41) is 23.7. The number of aliphatic carboxylic acids is 1. The van der Waals surface area contributed by atoms with Crippen LogP contribution in [-0.2, 0) is 32.0 Å². The van der Waals surface area contributed by atoms with E-state index in [2.05, 4.69) is 10.6 Å². The number of nitrogens with one attached hydrogen (secondary N) is 2. The predicted molar refractivity (Wildman–Crippen MR) is 118 cm³/mol. The Morgan fingerprint density at radius 2 is 1.38 bits per heavy atom. The maximum atomic E-state index is 12.9. The molecule has 3 atom stereocenters. The summed E-state index contributed by atoms with van der Waals surface area (Å²) in [6.45, 7) is 2.95. The number of amides is 2. The Balaban J connectivity index is 2.15. The summed E-state index contributed by atoms with van der Waals surface area (Å²) in [4.78, 5) is 48.5. The number of carbonyl (C=O) groups is 4. The average molecular weight is 440 g/mol. The van der Waals surface area contributed by atoms with Crippen molar-refractivity contribution in [2.24, 2.45) is 5.92 Å². The van der Waals surface area contributed by atoms with E-state index in [9.17, 15) is 24.3 Å². The molecule has 8 heteroatoms. The van der Waals surface area contributed by atoms with Gasteiger partial charge in [0.1, 0.15) is 11.8 Å². The van der Waals surface area contributed by atoms with Crippen LogP contribution < -0.4 is 10.6 Å². The molecule has 0 unspecified atom stereocenters. The van der Waals surface area contributed by atoms with Gasteiger partial charge in [0, 0.05) is 12.3 Å². The van der Waals surface area contributed by atoms with E-state index in [0.717, 1.165) is 5.56 Å². The van der Waals surface area contributed by atoms with E-state index < -0.39 is 42.1 Å². The summed E-state index contributed by atoms with van der Waals surface area (Å²) >= 11 is 0. The largest absolute Gasteiger partial charge is 0.508 e. The first-order valence-corrected chi connectivity index (χ1v) is 10.3. The van der Waals surface area contributed by atoms with Gasteiger partial charge in [0.05, 0.1) is 12.5 Å². The first-order chi connectivity index (χ1) is 15.2. The van der Waals surface area contributed by atoms with Crippen LogP contribution >= 0.6 is 0 Å². The molecule has 2 amide bonds. The second-order valence-corrected chi connectivity index (χ2v) is 7.79. The van der Waals surface area contributed by atoms with Crippen LogP contribution in [0.2, 0.25) is 0 Å². The Kier molecular flexibility index (Phi) is 8.95. The van der Waals surface area contributed by atoms with E-state index >= 15 is 0 Å². The van der Waals surface area contributed by atoms with Gasteiger partial charge in [-0.05, 0) is 36.6 Å². The van der Waals surface area contributed by atoms with Gasteiger partial charge in [-0.3, -0.25) is 19.2 Å². The van der Waals surface area contributed by atoms with Crippen LogP contribution in [-0.4, -0.2) is 45.9 Å². The highest BCUT2D eigenvalue weighted by atomic mass is 16.4. The van der Waals surface area contributed by atoms with Crippen molar-refractivity contribution in [1.82, 2.24) is 10.6 Å². The molecular weight excluding hydrogens is 412 g/mol. The highest BCUT2D eigenvalue weighted by Crippen LogP contribution is 2.13. The number of benzene rings is 2. The first kappa shape index (κ1) is 24.6. The third-order valence-corrected chi connectivity index (χ3v) is 5.03. The number of carbonyl (C=O) groups excluding carboxylic acids is 3. The molecule has 0 aliphatic rings. The molecule has 0 spiro atoms. The molecular formula is C24H28N2O6. The normalized spacial score (nSPS) is 13.4. The molecule has 2 aromatic carbocycles. The molecule has 0 fully saturated rings. The van der Waals surface area contributed by atoms with Crippen molar-refractivity contribution in [3.63, 3.8) is 0 Å². The standard InChI is InChI=1S/C24H28N2O6/c1-15(12-17-6-4-3-5-7-17)23(31)26-21(13-18-8-10-19(28)11-9-18)24(32)25-20(16(2)27)14-22(29)30/h3-11,15,20-21,28H,12-14H2,1-2H3,(H,25,32)(H,26,31)(H,29,30)/t15-,20-,21-/m0/s1. The molecule has 8 nitrogen and oxygen atoms in total. The fourth-order valence-electron chi connectivity index (χ4n) is 3.19. The average Bonchev–Trinajstić information content (AvgIpc) is 2.74. The SMILES string of the molecule is CC(=O)[C@H](CC(=O)O)NC(=O)[C@H](Cc1ccc(O)cc1)NC(=O)[C@@H](C)Cc1ccccc1. The Bertz CT molecular complexity index is 943. The van der Waals surface area contributed by atoms with Crippen molar-refractivity contribution >= 4 is 23.6 Å². The van der Waals surface area contributed by atoms with Crippen LogP contribution in [0.25, 0.3) is 0 Å². The zero-order valence-electron chi connectivity index (χ0n) is 18.1. The number of phenols is 1. The maximum absolute atomic E-state index is 12.9. The molecule has 0 aliphatic carbocycles. The molecule has 2 aromatic rings. The maximum Gasteiger partial charge on any atom is 0.305 e. The molecule has 32 heavy (non-hydrogen) atoms.